The number of amides is 4. The number of nitrogens with zero attached hydrogens (tertiary/aromatic N) is 1. The number of imide groups is 1. The third-order valence-electron chi connectivity index (χ3n) is 3.20. The number of urea groups is 1. The second-order valence-electron chi connectivity index (χ2n) is 6.93. The van der Waals surface area contributed by atoms with Crippen LogP contribution < -0.4 is 16.0 Å². The fourth-order valence-corrected chi connectivity index (χ4v) is 2.11. The number of hydrogen-bond donors (Lipinski definition) is 3. The summed E-state index contributed by atoms with van der Waals surface area (Å²) in [5.41, 5.74) is -1.11. The van der Waals surface area contributed by atoms with Crippen LogP contribution >= 0.6 is 11.6 Å². The third-order valence-corrected chi connectivity index (χ3v) is 3.52. The number of rotatable bonds is 6. The van der Waals surface area contributed by atoms with Gasteiger partial charge in [0.1, 0.15) is 11.6 Å². The van der Waals surface area contributed by atoms with Gasteiger partial charge in [-0.15, -0.1) is 0 Å². The normalized spacial score (nSPS) is 11.8. The van der Waals surface area contributed by atoms with Gasteiger partial charge in [-0.1, -0.05) is 11.6 Å². The van der Waals surface area contributed by atoms with Crippen molar-refractivity contribution in [1.29, 1.82) is 0 Å². The predicted octanol–water partition coefficient (Wildman–Crippen LogP) is 1.53. The molecule has 11 nitrogen and oxygen atoms in total. The van der Waals surface area contributed by atoms with E-state index < -0.39 is 52.6 Å². The van der Waals surface area contributed by atoms with E-state index in [0.717, 1.165) is 6.07 Å². The van der Waals surface area contributed by atoms with Gasteiger partial charge in [0.05, 0.1) is 4.92 Å². The molecule has 1 rings (SSSR count). The molecule has 12 heteroatoms. The van der Waals surface area contributed by atoms with Gasteiger partial charge in [-0.2, -0.15) is 0 Å². The summed E-state index contributed by atoms with van der Waals surface area (Å²) in [6, 6.07) is 2.65. The molecule has 3 N–H and O–H groups in total. The van der Waals surface area contributed by atoms with Gasteiger partial charge in [0.25, 0.3) is 17.5 Å². The predicted molar refractivity (Wildman–Crippen MR) is 102 cm³/mol. The Hall–Kier alpha value is -3.21. The fraction of sp³-hybridized carbons (Fsp3) is 0.412. The minimum Gasteiger partial charge on any atom is -0.451 e. The average molecular weight is 429 g/mol. The molecule has 0 fully saturated rings. The summed E-state index contributed by atoms with van der Waals surface area (Å²) in [5, 5.41) is 17.5. The Labute approximate surface area is 171 Å². The van der Waals surface area contributed by atoms with Crippen LogP contribution in [0.3, 0.4) is 0 Å². The first-order valence-electron chi connectivity index (χ1n) is 8.35. The number of esters is 1. The van der Waals surface area contributed by atoms with E-state index in [0.29, 0.717) is 0 Å². The van der Waals surface area contributed by atoms with Gasteiger partial charge in [0.2, 0.25) is 0 Å². The maximum absolute atomic E-state index is 12.0. The molecule has 1 atom stereocenters. The van der Waals surface area contributed by atoms with Crippen molar-refractivity contribution in [3.8, 4) is 0 Å². The molecule has 0 saturated carbocycles. The van der Waals surface area contributed by atoms with Crippen molar-refractivity contribution in [1.82, 2.24) is 16.0 Å². The highest BCUT2D eigenvalue weighted by molar-refractivity contribution is 6.32. The smallest absolute Gasteiger partial charge is 0.326 e. The third kappa shape index (κ3) is 8.13. The lowest BCUT2D eigenvalue weighted by molar-refractivity contribution is -0.384. The molecule has 0 aliphatic carbocycles. The number of hydrogen-bond acceptors (Lipinski definition) is 7. The molecule has 0 bridgehead atoms. The van der Waals surface area contributed by atoms with Crippen LogP contribution in [0, 0.1) is 10.1 Å². The van der Waals surface area contributed by atoms with E-state index >= 15 is 0 Å². The molecule has 158 valence electrons. The van der Waals surface area contributed by atoms with Gasteiger partial charge >= 0.3 is 12.0 Å². The fourth-order valence-electron chi connectivity index (χ4n) is 1.93. The molecule has 0 heterocycles. The molecule has 0 aliphatic heterocycles. The summed E-state index contributed by atoms with van der Waals surface area (Å²) in [5.74, 6) is -2.57. The SMILES string of the molecule is CC(OC(=O)CNC(=O)c1ccc(Cl)c([N+](=O)[O-])c1)C(=O)NC(=O)NC(C)(C)C. The van der Waals surface area contributed by atoms with Gasteiger partial charge in [0.15, 0.2) is 6.10 Å². The Bertz CT molecular complexity index is 836. The first-order valence-corrected chi connectivity index (χ1v) is 8.72. The Balaban J connectivity index is 2.55. The van der Waals surface area contributed by atoms with E-state index in [9.17, 15) is 29.3 Å². The van der Waals surface area contributed by atoms with E-state index in [1.54, 1.807) is 20.8 Å². The molecular formula is C17H21ClN4O7. The number of nitro groups is 1. The molecule has 0 saturated heterocycles. The molecule has 0 spiro atoms. The molecule has 0 aromatic heterocycles. The largest absolute Gasteiger partial charge is 0.451 e. The first kappa shape index (κ1) is 23.8. The standard InChI is InChI=1S/C17H21ClN4O7/c1-9(14(24)20-16(26)21-17(2,3)4)29-13(23)8-19-15(25)10-5-6-11(18)12(7-10)22(27)28/h5-7,9H,8H2,1-4H3,(H,19,25)(H2,20,21,24,26). The van der Waals surface area contributed by atoms with Crippen LogP contribution in [-0.2, 0) is 14.3 Å². The molecule has 1 aromatic carbocycles. The highest BCUT2D eigenvalue weighted by Crippen LogP contribution is 2.24. The number of ether oxygens (including phenoxy) is 1. The lowest BCUT2D eigenvalue weighted by Gasteiger charge is -2.21. The van der Waals surface area contributed by atoms with Crippen molar-refractivity contribution < 1.29 is 28.8 Å². The summed E-state index contributed by atoms with van der Waals surface area (Å²) >= 11 is 5.67. The van der Waals surface area contributed by atoms with Crippen molar-refractivity contribution in [2.75, 3.05) is 6.54 Å². The van der Waals surface area contributed by atoms with Gasteiger partial charge in [-0.25, -0.2) is 4.79 Å². The van der Waals surface area contributed by atoms with Crippen LogP contribution in [0.4, 0.5) is 10.5 Å². The topological polar surface area (TPSA) is 157 Å². The number of benzene rings is 1. The zero-order chi connectivity index (χ0) is 22.4. The molecule has 4 amide bonds. The average Bonchev–Trinajstić information content (AvgIpc) is 2.57. The highest BCUT2D eigenvalue weighted by Gasteiger charge is 2.23. The number of carbonyl (C=O) groups is 4. The highest BCUT2D eigenvalue weighted by atomic mass is 35.5. The first-order chi connectivity index (χ1) is 13.3. The van der Waals surface area contributed by atoms with Crippen LogP contribution in [0.1, 0.15) is 38.1 Å². The zero-order valence-electron chi connectivity index (χ0n) is 16.2. The maximum atomic E-state index is 12.0. The summed E-state index contributed by atoms with van der Waals surface area (Å²) in [7, 11) is 0. The van der Waals surface area contributed by atoms with E-state index in [2.05, 4.69) is 10.6 Å². The van der Waals surface area contributed by atoms with E-state index in [-0.39, 0.29) is 10.6 Å². The van der Waals surface area contributed by atoms with Crippen LogP contribution in [0.5, 0.6) is 0 Å². The maximum Gasteiger partial charge on any atom is 0.326 e. The van der Waals surface area contributed by atoms with Gasteiger partial charge < -0.3 is 15.4 Å². The quantitative estimate of drug-likeness (QED) is 0.352. The summed E-state index contributed by atoms with van der Waals surface area (Å²) in [6.07, 6.45) is -1.29. The Morgan fingerprint density at radius 2 is 1.86 bits per heavy atom. The van der Waals surface area contributed by atoms with Gasteiger partial charge in [0, 0.05) is 17.2 Å². The second-order valence-corrected chi connectivity index (χ2v) is 7.34. The van der Waals surface area contributed by atoms with E-state index in [1.165, 1.54) is 19.1 Å². The monoisotopic (exact) mass is 428 g/mol. The second kappa shape index (κ2) is 9.82. The Kier molecular flexibility index (Phi) is 8.07. The number of nitrogens with one attached hydrogen (secondary N) is 3. The summed E-state index contributed by atoms with van der Waals surface area (Å²) in [4.78, 5) is 57.4. The minimum atomic E-state index is -1.29. The number of nitro benzene ring substituents is 1. The summed E-state index contributed by atoms with van der Waals surface area (Å²) in [6.45, 7) is 5.82. The molecule has 1 aromatic rings. The van der Waals surface area contributed by atoms with Gasteiger partial charge in [-0.3, -0.25) is 29.8 Å². The lowest BCUT2D eigenvalue weighted by Crippen LogP contribution is -2.50. The van der Waals surface area contributed by atoms with Gasteiger partial charge in [-0.05, 0) is 39.8 Å². The molecular weight excluding hydrogens is 408 g/mol. The number of halogens is 1. The molecule has 0 radical (unpaired) electrons. The molecule has 0 aliphatic rings. The van der Waals surface area contributed by atoms with Crippen molar-refractivity contribution >= 4 is 41.1 Å². The van der Waals surface area contributed by atoms with E-state index in [4.69, 9.17) is 16.3 Å². The van der Waals surface area contributed by atoms with Crippen molar-refractivity contribution in [3.05, 3.63) is 38.9 Å². The van der Waals surface area contributed by atoms with E-state index in [1.807, 2.05) is 5.32 Å². The van der Waals surface area contributed by atoms with Crippen molar-refractivity contribution in [2.24, 2.45) is 0 Å². The lowest BCUT2D eigenvalue weighted by atomic mass is 10.1. The Morgan fingerprint density at radius 1 is 1.24 bits per heavy atom. The van der Waals surface area contributed by atoms with Crippen LogP contribution in [0.2, 0.25) is 5.02 Å². The van der Waals surface area contributed by atoms with Crippen LogP contribution in [-0.4, -0.2) is 46.9 Å². The van der Waals surface area contributed by atoms with Crippen LogP contribution in [0.15, 0.2) is 18.2 Å². The Morgan fingerprint density at radius 3 is 2.41 bits per heavy atom. The minimum absolute atomic E-state index is 0.0847. The number of carbonyl (C=O) groups excluding carboxylic acids is 4. The molecule has 1 unspecified atom stereocenters. The molecule has 29 heavy (non-hydrogen) atoms. The van der Waals surface area contributed by atoms with Crippen LogP contribution in [0.25, 0.3) is 0 Å². The van der Waals surface area contributed by atoms with Crippen molar-refractivity contribution in [2.45, 2.75) is 39.3 Å². The summed E-state index contributed by atoms with van der Waals surface area (Å²) < 4.78 is 4.84. The van der Waals surface area contributed by atoms with Crippen molar-refractivity contribution in [3.63, 3.8) is 0 Å². The zero-order valence-corrected chi connectivity index (χ0v) is 17.0.